The van der Waals surface area contributed by atoms with Gasteiger partial charge in [0.05, 0.1) is 22.7 Å². The van der Waals surface area contributed by atoms with Crippen molar-refractivity contribution in [1.29, 1.82) is 0 Å². The van der Waals surface area contributed by atoms with Crippen LogP contribution in [0.4, 0.5) is 5.69 Å². The van der Waals surface area contributed by atoms with Gasteiger partial charge in [-0.05, 0) is 26.8 Å². The lowest BCUT2D eigenvalue weighted by molar-refractivity contribution is -0.385. The van der Waals surface area contributed by atoms with Crippen LogP contribution in [0.5, 0.6) is 5.75 Å². The molecule has 0 atom stereocenters. The SMILES string of the molecule is CCOc1c(C(=O)N(C)CC(C)(C)O)cccc1[N+](=O)[O-]. The quantitative estimate of drug-likeness (QED) is 0.638. The number of rotatable bonds is 6. The molecule has 0 fully saturated rings. The number of hydrogen-bond donors (Lipinski definition) is 1. The van der Waals surface area contributed by atoms with E-state index in [2.05, 4.69) is 0 Å². The molecular formula is C14H20N2O5. The molecule has 0 saturated carbocycles. The Bertz CT molecular complexity index is 537. The summed E-state index contributed by atoms with van der Waals surface area (Å²) in [5.74, 6) is -0.484. The van der Waals surface area contributed by atoms with Crippen LogP contribution in [0.3, 0.4) is 0 Å². The molecule has 1 aromatic rings. The van der Waals surface area contributed by atoms with Crippen molar-refractivity contribution in [2.24, 2.45) is 0 Å². The summed E-state index contributed by atoms with van der Waals surface area (Å²) in [7, 11) is 1.52. The van der Waals surface area contributed by atoms with E-state index in [4.69, 9.17) is 4.74 Å². The summed E-state index contributed by atoms with van der Waals surface area (Å²) in [6, 6.07) is 4.20. The smallest absolute Gasteiger partial charge is 0.311 e. The van der Waals surface area contributed by atoms with Crippen molar-refractivity contribution in [2.75, 3.05) is 20.2 Å². The Balaban J connectivity index is 3.20. The van der Waals surface area contributed by atoms with E-state index in [9.17, 15) is 20.0 Å². The molecule has 0 unspecified atom stereocenters. The monoisotopic (exact) mass is 296 g/mol. The van der Waals surface area contributed by atoms with Crippen molar-refractivity contribution in [1.82, 2.24) is 4.90 Å². The highest BCUT2D eigenvalue weighted by Crippen LogP contribution is 2.31. The molecule has 1 amide bonds. The summed E-state index contributed by atoms with van der Waals surface area (Å²) < 4.78 is 5.28. The zero-order valence-corrected chi connectivity index (χ0v) is 12.6. The maximum Gasteiger partial charge on any atom is 0.311 e. The van der Waals surface area contributed by atoms with Gasteiger partial charge in [0.15, 0.2) is 0 Å². The first-order chi connectivity index (χ1) is 9.67. The van der Waals surface area contributed by atoms with Gasteiger partial charge < -0.3 is 14.7 Å². The lowest BCUT2D eigenvalue weighted by Gasteiger charge is -2.26. The third-order valence-electron chi connectivity index (χ3n) is 2.68. The van der Waals surface area contributed by atoms with Crippen LogP contribution in [0.15, 0.2) is 18.2 Å². The van der Waals surface area contributed by atoms with E-state index < -0.39 is 16.4 Å². The molecule has 0 heterocycles. The van der Waals surface area contributed by atoms with Crippen molar-refractivity contribution in [3.05, 3.63) is 33.9 Å². The molecule has 1 rings (SSSR count). The molecule has 0 spiro atoms. The second-order valence-corrected chi connectivity index (χ2v) is 5.32. The Morgan fingerprint density at radius 2 is 2.10 bits per heavy atom. The molecular weight excluding hydrogens is 276 g/mol. The van der Waals surface area contributed by atoms with E-state index in [1.54, 1.807) is 20.8 Å². The zero-order chi connectivity index (χ0) is 16.2. The summed E-state index contributed by atoms with van der Waals surface area (Å²) in [6.45, 7) is 5.15. The van der Waals surface area contributed by atoms with Gasteiger partial charge in [0, 0.05) is 19.7 Å². The fourth-order valence-corrected chi connectivity index (χ4v) is 1.99. The van der Waals surface area contributed by atoms with Gasteiger partial charge in [-0.3, -0.25) is 14.9 Å². The van der Waals surface area contributed by atoms with E-state index in [0.29, 0.717) is 0 Å². The Kier molecular flexibility index (Phi) is 5.26. The number of benzene rings is 1. The lowest BCUT2D eigenvalue weighted by atomic mass is 10.1. The fraction of sp³-hybridized carbons (Fsp3) is 0.500. The maximum absolute atomic E-state index is 12.4. The maximum atomic E-state index is 12.4. The molecule has 116 valence electrons. The second-order valence-electron chi connectivity index (χ2n) is 5.32. The van der Waals surface area contributed by atoms with Crippen LogP contribution in [0.1, 0.15) is 31.1 Å². The number of carbonyl (C=O) groups is 1. The van der Waals surface area contributed by atoms with Crippen molar-refractivity contribution in [3.8, 4) is 5.75 Å². The van der Waals surface area contributed by atoms with Gasteiger partial charge in [-0.15, -0.1) is 0 Å². The van der Waals surface area contributed by atoms with E-state index in [1.165, 1.54) is 30.1 Å². The molecule has 21 heavy (non-hydrogen) atoms. The molecule has 0 aliphatic carbocycles. The van der Waals surface area contributed by atoms with Crippen molar-refractivity contribution in [2.45, 2.75) is 26.4 Å². The van der Waals surface area contributed by atoms with Crippen LogP contribution in [-0.4, -0.2) is 46.6 Å². The van der Waals surface area contributed by atoms with E-state index in [-0.39, 0.29) is 30.2 Å². The number of aliphatic hydroxyl groups is 1. The molecule has 7 heteroatoms. The van der Waals surface area contributed by atoms with Crippen LogP contribution in [-0.2, 0) is 0 Å². The number of para-hydroxylation sites is 1. The van der Waals surface area contributed by atoms with Gasteiger partial charge in [-0.2, -0.15) is 0 Å². The summed E-state index contributed by atoms with van der Waals surface area (Å²) >= 11 is 0. The zero-order valence-electron chi connectivity index (χ0n) is 12.6. The predicted octanol–water partition coefficient (Wildman–Crippen LogP) is 1.84. The average molecular weight is 296 g/mol. The first-order valence-corrected chi connectivity index (χ1v) is 6.55. The number of nitrogens with zero attached hydrogens (tertiary/aromatic N) is 2. The average Bonchev–Trinajstić information content (AvgIpc) is 2.36. The topological polar surface area (TPSA) is 92.9 Å². The minimum absolute atomic E-state index is 0.0439. The third-order valence-corrected chi connectivity index (χ3v) is 2.68. The normalized spacial score (nSPS) is 11.1. The Labute approximate surface area is 123 Å². The Morgan fingerprint density at radius 1 is 1.48 bits per heavy atom. The van der Waals surface area contributed by atoms with Crippen molar-refractivity contribution < 1.29 is 19.6 Å². The number of ether oxygens (including phenoxy) is 1. The van der Waals surface area contributed by atoms with Crippen LogP contribution < -0.4 is 4.74 Å². The highest BCUT2D eigenvalue weighted by Gasteiger charge is 2.27. The third kappa shape index (κ3) is 4.42. The van der Waals surface area contributed by atoms with Crippen LogP contribution >= 0.6 is 0 Å². The second kappa shape index (κ2) is 6.53. The van der Waals surface area contributed by atoms with Gasteiger partial charge in [-0.1, -0.05) is 6.07 Å². The predicted molar refractivity (Wildman–Crippen MR) is 77.5 cm³/mol. The molecule has 0 bridgehead atoms. The van der Waals surface area contributed by atoms with Gasteiger partial charge in [0.1, 0.15) is 0 Å². The molecule has 1 N–H and O–H groups in total. The summed E-state index contributed by atoms with van der Waals surface area (Å²) in [6.07, 6.45) is 0. The summed E-state index contributed by atoms with van der Waals surface area (Å²) in [5.41, 5.74) is -1.20. The van der Waals surface area contributed by atoms with E-state index in [0.717, 1.165) is 0 Å². The van der Waals surface area contributed by atoms with E-state index >= 15 is 0 Å². The number of likely N-dealkylation sites (N-methyl/N-ethyl adjacent to an activating group) is 1. The molecule has 0 aromatic heterocycles. The van der Waals surface area contributed by atoms with Crippen molar-refractivity contribution in [3.63, 3.8) is 0 Å². The fourth-order valence-electron chi connectivity index (χ4n) is 1.99. The highest BCUT2D eigenvalue weighted by atomic mass is 16.6. The summed E-state index contributed by atoms with van der Waals surface area (Å²) in [5, 5.41) is 20.8. The highest BCUT2D eigenvalue weighted by molar-refractivity contribution is 5.98. The van der Waals surface area contributed by atoms with Crippen LogP contribution in [0, 0.1) is 10.1 Å². The number of hydrogen-bond acceptors (Lipinski definition) is 5. The Morgan fingerprint density at radius 3 is 2.57 bits per heavy atom. The van der Waals surface area contributed by atoms with Crippen molar-refractivity contribution >= 4 is 11.6 Å². The molecule has 7 nitrogen and oxygen atoms in total. The largest absolute Gasteiger partial charge is 0.487 e. The minimum Gasteiger partial charge on any atom is -0.487 e. The molecule has 0 radical (unpaired) electrons. The summed E-state index contributed by atoms with van der Waals surface area (Å²) in [4.78, 5) is 24.2. The standard InChI is InChI=1S/C14H20N2O5/c1-5-21-12-10(7-6-8-11(12)16(19)20)13(17)15(4)9-14(2,3)18/h6-8,18H,5,9H2,1-4H3. The molecule has 0 saturated heterocycles. The molecule has 0 aliphatic rings. The molecule has 1 aromatic carbocycles. The number of nitro groups is 1. The van der Waals surface area contributed by atoms with Gasteiger partial charge >= 0.3 is 5.69 Å². The van der Waals surface area contributed by atoms with Gasteiger partial charge in [0.25, 0.3) is 5.91 Å². The van der Waals surface area contributed by atoms with Gasteiger partial charge in [-0.25, -0.2) is 0 Å². The number of nitro benzene ring substituents is 1. The first-order valence-electron chi connectivity index (χ1n) is 6.55. The number of amides is 1. The Hall–Kier alpha value is -2.15. The number of carbonyl (C=O) groups excluding carboxylic acids is 1. The minimum atomic E-state index is -1.06. The van der Waals surface area contributed by atoms with Gasteiger partial charge in [0.2, 0.25) is 5.75 Å². The van der Waals surface area contributed by atoms with Crippen LogP contribution in [0.2, 0.25) is 0 Å². The lowest BCUT2D eigenvalue weighted by Crippen LogP contribution is -2.39. The first kappa shape index (κ1) is 16.9. The van der Waals surface area contributed by atoms with Crippen LogP contribution in [0.25, 0.3) is 0 Å². The molecule has 0 aliphatic heterocycles. The van der Waals surface area contributed by atoms with E-state index in [1.807, 2.05) is 0 Å².